The Bertz CT molecular complexity index is 384. The molecule has 108 valence electrons. The van der Waals surface area contributed by atoms with E-state index in [2.05, 4.69) is 19.2 Å². The highest BCUT2D eigenvalue weighted by atomic mass is 32.2. The predicted molar refractivity (Wildman–Crippen MR) is 79.9 cm³/mol. The van der Waals surface area contributed by atoms with Crippen LogP contribution in [0.4, 0.5) is 4.39 Å². The SMILES string of the molecule is CC(C)CNCc1cc(F)ccc1SCC(C)CO. The zero-order valence-electron chi connectivity index (χ0n) is 11.9. The molecule has 4 heteroatoms. The lowest BCUT2D eigenvalue weighted by atomic mass is 10.2. The monoisotopic (exact) mass is 285 g/mol. The fourth-order valence-corrected chi connectivity index (χ4v) is 2.66. The van der Waals surface area contributed by atoms with Crippen molar-refractivity contribution in [2.24, 2.45) is 11.8 Å². The summed E-state index contributed by atoms with van der Waals surface area (Å²) in [5, 5.41) is 12.4. The van der Waals surface area contributed by atoms with Gasteiger partial charge in [-0.2, -0.15) is 0 Å². The molecule has 0 saturated heterocycles. The lowest BCUT2D eigenvalue weighted by Crippen LogP contribution is -2.19. The minimum Gasteiger partial charge on any atom is -0.396 e. The number of aliphatic hydroxyl groups excluding tert-OH is 1. The van der Waals surface area contributed by atoms with Gasteiger partial charge in [0.1, 0.15) is 5.82 Å². The van der Waals surface area contributed by atoms with Crippen LogP contribution >= 0.6 is 11.8 Å². The third kappa shape index (κ3) is 6.41. The Kier molecular flexibility index (Phi) is 7.42. The summed E-state index contributed by atoms with van der Waals surface area (Å²) in [7, 11) is 0. The summed E-state index contributed by atoms with van der Waals surface area (Å²) < 4.78 is 13.3. The Morgan fingerprint density at radius 2 is 2.05 bits per heavy atom. The van der Waals surface area contributed by atoms with Crippen molar-refractivity contribution in [1.82, 2.24) is 5.32 Å². The van der Waals surface area contributed by atoms with Gasteiger partial charge in [-0.25, -0.2) is 4.39 Å². The number of thioether (sulfide) groups is 1. The van der Waals surface area contributed by atoms with E-state index < -0.39 is 0 Å². The molecule has 0 aliphatic heterocycles. The largest absolute Gasteiger partial charge is 0.396 e. The van der Waals surface area contributed by atoms with E-state index in [9.17, 15) is 4.39 Å². The molecule has 1 rings (SSSR count). The van der Waals surface area contributed by atoms with Crippen LogP contribution in [-0.4, -0.2) is 24.0 Å². The van der Waals surface area contributed by atoms with E-state index in [1.165, 1.54) is 6.07 Å². The molecule has 1 atom stereocenters. The molecule has 1 unspecified atom stereocenters. The average molecular weight is 285 g/mol. The summed E-state index contributed by atoms with van der Waals surface area (Å²) in [6.07, 6.45) is 0. The number of benzene rings is 1. The first-order chi connectivity index (χ1) is 9.02. The highest BCUT2D eigenvalue weighted by molar-refractivity contribution is 7.99. The van der Waals surface area contributed by atoms with Gasteiger partial charge >= 0.3 is 0 Å². The quantitative estimate of drug-likeness (QED) is 0.719. The summed E-state index contributed by atoms with van der Waals surface area (Å²) in [6, 6.07) is 4.92. The molecule has 0 radical (unpaired) electrons. The van der Waals surface area contributed by atoms with E-state index in [0.717, 1.165) is 22.8 Å². The van der Waals surface area contributed by atoms with E-state index in [4.69, 9.17) is 5.11 Å². The van der Waals surface area contributed by atoms with Crippen LogP contribution in [0.2, 0.25) is 0 Å². The highest BCUT2D eigenvalue weighted by Gasteiger charge is 2.07. The molecule has 0 heterocycles. The fourth-order valence-electron chi connectivity index (χ4n) is 1.61. The van der Waals surface area contributed by atoms with Gasteiger partial charge in [-0.05, 0) is 42.1 Å². The van der Waals surface area contributed by atoms with E-state index in [1.54, 1.807) is 17.8 Å². The third-order valence-corrected chi connectivity index (χ3v) is 4.17. The average Bonchev–Trinajstić information content (AvgIpc) is 2.37. The molecule has 0 bridgehead atoms. The van der Waals surface area contributed by atoms with E-state index in [0.29, 0.717) is 12.5 Å². The second-order valence-electron chi connectivity index (χ2n) is 5.38. The maximum Gasteiger partial charge on any atom is 0.123 e. The molecule has 0 fully saturated rings. The molecule has 1 aromatic carbocycles. The number of hydrogen-bond donors (Lipinski definition) is 2. The van der Waals surface area contributed by atoms with Crippen LogP contribution in [-0.2, 0) is 6.54 Å². The Morgan fingerprint density at radius 3 is 2.68 bits per heavy atom. The van der Waals surface area contributed by atoms with Crippen molar-refractivity contribution in [1.29, 1.82) is 0 Å². The van der Waals surface area contributed by atoms with Crippen molar-refractivity contribution in [3.05, 3.63) is 29.6 Å². The molecule has 0 amide bonds. The first kappa shape index (κ1) is 16.5. The van der Waals surface area contributed by atoms with Gasteiger partial charge in [0.15, 0.2) is 0 Å². The third-order valence-electron chi connectivity index (χ3n) is 2.73. The second-order valence-corrected chi connectivity index (χ2v) is 6.44. The van der Waals surface area contributed by atoms with Crippen LogP contribution in [0.3, 0.4) is 0 Å². The molecule has 0 aromatic heterocycles. The minimum absolute atomic E-state index is 0.190. The minimum atomic E-state index is -0.194. The van der Waals surface area contributed by atoms with Crippen LogP contribution < -0.4 is 5.32 Å². The normalized spacial score (nSPS) is 12.9. The van der Waals surface area contributed by atoms with E-state index in [-0.39, 0.29) is 18.3 Å². The van der Waals surface area contributed by atoms with Gasteiger partial charge in [-0.1, -0.05) is 20.8 Å². The van der Waals surface area contributed by atoms with Gasteiger partial charge in [0.2, 0.25) is 0 Å². The summed E-state index contributed by atoms with van der Waals surface area (Å²) in [4.78, 5) is 1.10. The molecule has 1 aromatic rings. The first-order valence-corrected chi connectivity index (χ1v) is 7.74. The predicted octanol–water partition coefficient (Wildman–Crippen LogP) is 3.29. The standard InChI is InChI=1S/C15H24FNOS/c1-11(2)7-17-8-13-6-14(16)4-5-15(13)19-10-12(3)9-18/h4-6,11-12,17-18H,7-10H2,1-3H3. The lowest BCUT2D eigenvalue weighted by molar-refractivity contribution is 0.250. The molecule has 2 nitrogen and oxygen atoms in total. The lowest BCUT2D eigenvalue weighted by Gasteiger charge is -2.13. The highest BCUT2D eigenvalue weighted by Crippen LogP contribution is 2.25. The number of nitrogens with one attached hydrogen (secondary N) is 1. The van der Waals surface area contributed by atoms with Gasteiger partial charge in [-0.3, -0.25) is 0 Å². The number of rotatable bonds is 8. The van der Waals surface area contributed by atoms with Crippen LogP contribution in [0.1, 0.15) is 26.3 Å². The molecule has 0 spiro atoms. The molecule has 0 aliphatic rings. The molecule has 19 heavy (non-hydrogen) atoms. The zero-order valence-corrected chi connectivity index (χ0v) is 12.8. The molecule has 2 N–H and O–H groups in total. The van der Waals surface area contributed by atoms with Crippen LogP contribution in [0, 0.1) is 17.7 Å². The molecule has 0 aliphatic carbocycles. The van der Waals surface area contributed by atoms with Crippen molar-refractivity contribution in [2.75, 3.05) is 18.9 Å². The van der Waals surface area contributed by atoms with E-state index >= 15 is 0 Å². The first-order valence-electron chi connectivity index (χ1n) is 6.75. The van der Waals surface area contributed by atoms with Gasteiger partial charge < -0.3 is 10.4 Å². The maximum absolute atomic E-state index is 13.3. The molecule has 0 saturated carbocycles. The Morgan fingerprint density at radius 1 is 1.32 bits per heavy atom. The Labute approximate surface area is 119 Å². The fraction of sp³-hybridized carbons (Fsp3) is 0.600. The van der Waals surface area contributed by atoms with Crippen LogP contribution in [0.5, 0.6) is 0 Å². The number of hydrogen-bond acceptors (Lipinski definition) is 3. The summed E-state index contributed by atoms with van der Waals surface area (Å²) in [6.45, 7) is 8.11. The van der Waals surface area contributed by atoms with Gasteiger partial charge in [0, 0.05) is 23.8 Å². The van der Waals surface area contributed by atoms with Crippen molar-refractivity contribution in [2.45, 2.75) is 32.2 Å². The topological polar surface area (TPSA) is 32.3 Å². The van der Waals surface area contributed by atoms with Crippen molar-refractivity contribution >= 4 is 11.8 Å². The summed E-state index contributed by atoms with van der Waals surface area (Å²) in [5.74, 6) is 1.49. The summed E-state index contributed by atoms with van der Waals surface area (Å²) >= 11 is 1.68. The zero-order chi connectivity index (χ0) is 14.3. The second kappa shape index (κ2) is 8.56. The molecular weight excluding hydrogens is 261 g/mol. The summed E-state index contributed by atoms with van der Waals surface area (Å²) in [5.41, 5.74) is 0.996. The van der Waals surface area contributed by atoms with Gasteiger partial charge in [0.25, 0.3) is 0 Å². The van der Waals surface area contributed by atoms with E-state index in [1.807, 2.05) is 13.0 Å². The van der Waals surface area contributed by atoms with Gasteiger partial charge in [-0.15, -0.1) is 11.8 Å². The number of aliphatic hydroxyl groups is 1. The van der Waals surface area contributed by atoms with Crippen LogP contribution in [0.15, 0.2) is 23.1 Å². The number of halogens is 1. The Hall–Kier alpha value is -0.580. The van der Waals surface area contributed by atoms with Crippen molar-refractivity contribution < 1.29 is 9.50 Å². The molecular formula is C15H24FNOS. The van der Waals surface area contributed by atoms with Crippen molar-refractivity contribution in [3.63, 3.8) is 0 Å². The van der Waals surface area contributed by atoms with Gasteiger partial charge in [0.05, 0.1) is 0 Å². The van der Waals surface area contributed by atoms with Crippen molar-refractivity contribution in [3.8, 4) is 0 Å². The maximum atomic E-state index is 13.3. The Balaban J connectivity index is 2.63. The smallest absolute Gasteiger partial charge is 0.123 e. The van der Waals surface area contributed by atoms with Crippen LogP contribution in [0.25, 0.3) is 0 Å².